The van der Waals surface area contributed by atoms with E-state index in [1.807, 2.05) is 6.92 Å². The molecule has 7 heteroatoms. The summed E-state index contributed by atoms with van der Waals surface area (Å²) in [6.45, 7) is 3.17. The zero-order chi connectivity index (χ0) is 15.7. The Bertz CT molecular complexity index is 602. The maximum absolute atomic E-state index is 12.2. The molecule has 1 aliphatic heterocycles. The molecule has 0 spiro atoms. The first-order valence-corrected chi connectivity index (χ1v) is 7.92. The predicted molar refractivity (Wildman–Crippen MR) is 84.6 cm³/mol. The van der Waals surface area contributed by atoms with Gasteiger partial charge in [-0.1, -0.05) is 12.8 Å². The molecule has 1 aromatic rings. The van der Waals surface area contributed by atoms with Gasteiger partial charge in [0.2, 0.25) is 0 Å². The van der Waals surface area contributed by atoms with Crippen LogP contribution in [-0.2, 0) is 0 Å². The maximum atomic E-state index is 12.2. The standard InChI is InChI=1S/C15H23N5O2/c1-9(20-7-11(21)8-20)13-18-14(12(6-16)15(22)19-13)17-10-4-2-3-5-10/h6,9-11,16,21H,2-5,7-8H2,1H3,(H2,17,18,19,22)/t9-/m1/s1. The monoisotopic (exact) mass is 305 g/mol. The quantitative estimate of drug-likeness (QED) is 0.604. The fourth-order valence-corrected chi connectivity index (χ4v) is 3.18. The molecule has 0 aromatic carbocycles. The second-order valence-electron chi connectivity index (χ2n) is 6.27. The predicted octanol–water partition coefficient (Wildman–Crippen LogP) is 0.860. The smallest absolute Gasteiger partial charge is 0.261 e. The molecule has 120 valence electrons. The SMILES string of the molecule is C[C@H](c1nc(NC2CCCC2)c(C=N)c(=O)[nH]1)N1CC(O)C1. The van der Waals surface area contributed by atoms with E-state index in [1.54, 1.807) is 0 Å². The number of anilines is 1. The van der Waals surface area contributed by atoms with E-state index in [2.05, 4.69) is 20.2 Å². The Kier molecular flexibility index (Phi) is 4.26. The van der Waals surface area contributed by atoms with Crippen LogP contribution in [-0.4, -0.2) is 51.4 Å². The van der Waals surface area contributed by atoms with Gasteiger partial charge in [-0.25, -0.2) is 4.98 Å². The van der Waals surface area contributed by atoms with Crippen LogP contribution in [0.5, 0.6) is 0 Å². The number of aliphatic hydroxyl groups excluding tert-OH is 1. The van der Waals surface area contributed by atoms with Crippen molar-refractivity contribution >= 4 is 12.0 Å². The molecule has 0 bridgehead atoms. The van der Waals surface area contributed by atoms with Crippen LogP contribution in [0.2, 0.25) is 0 Å². The minimum absolute atomic E-state index is 0.0555. The maximum Gasteiger partial charge on any atom is 0.261 e. The first-order chi connectivity index (χ1) is 10.6. The van der Waals surface area contributed by atoms with Crippen molar-refractivity contribution in [1.29, 1.82) is 5.41 Å². The summed E-state index contributed by atoms with van der Waals surface area (Å²) >= 11 is 0. The average molecular weight is 305 g/mol. The van der Waals surface area contributed by atoms with Gasteiger partial charge in [-0.05, 0) is 19.8 Å². The molecule has 2 aliphatic rings. The number of hydrogen-bond donors (Lipinski definition) is 4. The van der Waals surface area contributed by atoms with Gasteiger partial charge in [0.1, 0.15) is 11.6 Å². The zero-order valence-electron chi connectivity index (χ0n) is 12.8. The molecular formula is C15H23N5O2. The van der Waals surface area contributed by atoms with E-state index in [0.717, 1.165) is 19.1 Å². The highest BCUT2D eigenvalue weighted by Gasteiger charge is 2.31. The molecular weight excluding hydrogens is 282 g/mol. The Morgan fingerprint density at radius 2 is 2.14 bits per heavy atom. The minimum Gasteiger partial charge on any atom is -0.390 e. The van der Waals surface area contributed by atoms with Gasteiger partial charge in [0, 0.05) is 25.3 Å². The summed E-state index contributed by atoms with van der Waals surface area (Å²) in [6, 6.07) is 0.280. The van der Waals surface area contributed by atoms with Crippen molar-refractivity contribution in [3.8, 4) is 0 Å². The molecule has 1 aliphatic carbocycles. The number of H-pyrrole nitrogens is 1. The van der Waals surface area contributed by atoms with Crippen LogP contribution in [0.3, 0.4) is 0 Å². The van der Waals surface area contributed by atoms with Crippen LogP contribution in [0, 0.1) is 5.41 Å². The lowest BCUT2D eigenvalue weighted by molar-refractivity contribution is -0.0230. The number of aromatic amines is 1. The third kappa shape index (κ3) is 2.91. The fourth-order valence-electron chi connectivity index (χ4n) is 3.18. The van der Waals surface area contributed by atoms with Crippen LogP contribution >= 0.6 is 0 Å². The van der Waals surface area contributed by atoms with E-state index in [1.165, 1.54) is 12.8 Å². The molecule has 4 N–H and O–H groups in total. The Hall–Kier alpha value is -1.73. The van der Waals surface area contributed by atoms with Crippen molar-refractivity contribution in [3.05, 3.63) is 21.7 Å². The van der Waals surface area contributed by atoms with Gasteiger partial charge in [-0.15, -0.1) is 0 Å². The number of aromatic nitrogens is 2. The first kappa shape index (κ1) is 15.2. The zero-order valence-corrected chi connectivity index (χ0v) is 12.8. The molecule has 0 radical (unpaired) electrons. The van der Waals surface area contributed by atoms with Gasteiger partial charge < -0.3 is 20.8 Å². The molecule has 22 heavy (non-hydrogen) atoms. The topological polar surface area (TPSA) is 105 Å². The molecule has 0 amide bonds. The third-order valence-corrected chi connectivity index (χ3v) is 4.65. The molecule has 1 saturated heterocycles. The summed E-state index contributed by atoms with van der Waals surface area (Å²) in [6.07, 6.45) is 5.31. The second-order valence-corrected chi connectivity index (χ2v) is 6.27. The van der Waals surface area contributed by atoms with E-state index in [4.69, 9.17) is 5.41 Å². The Balaban J connectivity index is 1.86. The van der Waals surface area contributed by atoms with Crippen LogP contribution in [0.1, 0.15) is 50.0 Å². The molecule has 1 saturated carbocycles. The number of aliphatic hydroxyl groups is 1. The Morgan fingerprint density at radius 1 is 1.45 bits per heavy atom. The van der Waals surface area contributed by atoms with Gasteiger partial charge in [0.15, 0.2) is 0 Å². The van der Waals surface area contributed by atoms with E-state index >= 15 is 0 Å². The second kappa shape index (κ2) is 6.18. The number of β-amino-alcohol motifs (C(OH)–C–C–N with tert-alkyl or cyclic N) is 1. The van der Waals surface area contributed by atoms with Crippen LogP contribution in [0.4, 0.5) is 5.82 Å². The van der Waals surface area contributed by atoms with E-state index in [9.17, 15) is 9.90 Å². The summed E-state index contributed by atoms with van der Waals surface area (Å²) in [5.74, 6) is 1.09. The van der Waals surface area contributed by atoms with Gasteiger partial charge in [0.25, 0.3) is 5.56 Å². The highest BCUT2D eigenvalue weighted by Crippen LogP contribution is 2.25. The molecule has 1 atom stereocenters. The van der Waals surface area contributed by atoms with Crippen molar-refractivity contribution in [2.75, 3.05) is 18.4 Å². The molecule has 1 aromatic heterocycles. The summed E-state index contributed by atoms with van der Waals surface area (Å²) in [4.78, 5) is 21.6. The van der Waals surface area contributed by atoms with Gasteiger partial charge in [-0.3, -0.25) is 9.69 Å². The largest absolute Gasteiger partial charge is 0.390 e. The summed E-state index contributed by atoms with van der Waals surface area (Å²) in [7, 11) is 0. The van der Waals surface area contributed by atoms with E-state index in [-0.39, 0.29) is 23.3 Å². The lowest BCUT2D eigenvalue weighted by Crippen LogP contribution is -2.52. The van der Waals surface area contributed by atoms with Crippen molar-refractivity contribution < 1.29 is 5.11 Å². The number of hydrogen-bond acceptors (Lipinski definition) is 6. The van der Waals surface area contributed by atoms with Gasteiger partial charge in [0.05, 0.1) is 17.7 Å². The molecule has 2 fully saturated rings. The number of nitrogens with zero attached hydrogens (tertiary/aromatic N) is 2. The van der Waals surface area contributed by atoms with Crippen molar-refractivity contribution in [3.63, 3.8) is 0 Å². The third-order valence-electron chi connectivity index (χ3n) is 4.65. The highest BCUT2D eigenvalue weighted by molar-refractivity contribution is 5.83. The van der Waals surface area contributed by atoms with Crippen molar-refractivity contribution in [2.24, 2.45) is 0 Å². The lowest BCUT2D eigenvalue weighted by Gasteiger charge is -2.39. The average Bonchev–Trinajstić information content (AvgIpc) is 2.96. The fraction of sp³-hybridized carbons (Fsp3) is 0.667. The van der Waals surface area contributed by atoms with Crippen LogP contribution in [0.15, 0.2) is 4.79 Å². The Labute approximate surface area is 129 Å². The van der Waals surface area contributed by atoms with Gasteiger partial charge in [-0.2, -0.15) is 0 Å². The van der Waals surface area contributed by atoms with Crippen LogP contribution in [0.25, 0.3) is 0 Å². The molecule has 7 nitrogen and oxygen atoms in total. The normalized spacial score (nSPS) is 21.5. The summed E-state index contributed by atoms with van der Waals surface area (Å²) in [5, 5.41) is 20.2. The molecule has 2 heterocycles. The number of nitrogens with one attached hydrogen (secondary N) is 3. The first-order valence-electron chi connectivity index (χ1n) is 7.92. The lowest BCUT2D eigenvalue weighted by atomic mass is 10.1. The Morgan fingerprint density at radius 3 is 2.73 bits per heavy atom. The minimum atomic E-state index is -0.286. The van der Waals surface area contributed by atoms with E-state index in [0.29, 0.717) is 30.8 Å². The molecule has 3 rings (SSSR count). The summed E-state index contributed by atoms with van der Waals surface area (Å²) in [5.41, 5.74) is -0.0000805. The highest BCUT2D eigenvalue weighted by atomic mass is 16.3. The van der Waals surface area contributed by atoms with Gasteiger partial charge >= 0.3 is 0 Å². The van der Waals surface area contributed by atoms with E-state index < -0.39 is 0 Å². The number of rotatable bonds is 5. The molecule has 0 unspecified atom stereocenters. The number of likely N-dealkylation sites (tertiary alicyclic amines) is 1. The van der Waals surface area contributed by atoms with Crippen molar-refractivity contribution in [2.45, 2.75) is 50.8 Å². The van der Waals surface area contributed by atoms with Crippen molar-refractivity contribution in [1.82, 2.24) is 14.9 Å². The van der Waals surface area contributed by atoms with Crippen LogP contribution < -0.4 is 10.9 Å². The summed E-state index contributed by atoms with van der Waals surface area (Å²) < 4.78 is 0.